The van der Waals surface area contributed by atoms with E-state index in [0.29, 0.717) is 20.8 Å². The van der Waals surface area contributed by atoms with Crippen molar-refractivity contribution in [2.24, 2.45) is 5.92 Å². The number of halogens is 2. The molecule has 0 bridgehead atoms. The summed E-state index contributed by atoms with van der Waals surface area (Å²) in [5.41, 5.74) is 0.573. The highest BCUT2D eigenvalue weighted by Gasteiger charge is 2.22. The van der Waals surface area contributed by atoms with E-state index in [2.05, 4.69) is 11.8 Å². The minimum absolute atomic E-state index is 0.0816. The second-order valence-corrected chi connectivity index (χ2v) is 7.07. The van der Waals surface area contributed by atoms with Crippen LogP contribution in [0.4, 0.5) is 0 Å². The maximum Gasteiger partial charge on any atom is 0.179 e. The van der Waals surface area contributed by atoms with Crippen molar-refractivity contribution in [1.82, 2.24) is 4.90 Å². The van der Waals surface area contributed by atoms with E-state index in [1.165, 1.54) is 30.6 Å². The lowest BCUT2D eigenvalue weighted by atomic mass is 9.94. The van der Waals surface area contributed by atoms with Gasteiger partial charge < -0.3 is 0 Å². The summed E-state index contributed by atoms with van der Waals surface area (Å²) in [5, 5.41) is 0. The summed E-state index contributed by atoms with van der Waals surface area (Å²) in [7, 11) is 0. The zero-order chi connectivity index (χ0) is 13.1. The van der Waals surface area contributed by atoms with E-state index in [0.717, 1.165) is 19.0 Å². The number of hydrogen-bond donors (Lipinski definition) is 0. The first-order chi connectivity index (χ1) is 8.60. The van der Waals surface area contributed by atoms with Crippen LogP contribution in [0.2, 0.25) is 8.67 Å². The molecule has 0 atom stereocenters. The molecule has 1 fully saturated rings. The molecule has 0 spiro atoms. The smallest absolute Gasteiger partial charge is 0.179 e. The Balaban J connectivity index is 1.90. The molecule has 0 saturated carbocycles. The van der Waals surface area contributed by atoms with Crippen molar-refractivity contribution < 1.29 is 4.79 Å². The molecule has 0 radical (unpaired) electrons. The van der Waals surface area contributed by atoms with Gasteiger partial charge in [-0.15, -0.1) is 11.3 Å². The fraction of sp³-hybridized carbons (Fsp3) is 0.615. The van der Waals surface area contributed by atoms with Gasteiger partial charge in [0.25, 0.3) is 0 Å². The molecule has 1 aliphatic heterocycles. The highest BCUT2D eigenvalue weighted by atomic mass is 35.5. The van der Waals surface area contributed by atoms with E-state index in [9.17, 15) is 4.79 Å². The Morgan fingerprint density at radius 1 is 1.44 bits per heavy atom. The standard InChI is InChI=1S/C13H17Cl2NOS/c1-2-9-3-5-16(6-4-9)8-11(17)10-7-12(14)18-13(10)15/h7,9H,2-6,8H2,1H3. The molecule has 1 aromatic rings. The number of Topliss-reactive ketones (excluding diaryl/α,β-unsaturated/α-hetero) is 1. The molecular weight excluding hydrogens is 289 g/mol. The number of ketones is 1. The van der Waals surface area contributed by atoms with Gasteiger partial charge in [0.1, 0.15) is 4.34 Å². The highest BCUT2D eigenvalue weighted by molar-refractivity contribution is 7.20. The first-order valence-electron chi connectivity index (χ1n) is 6.30. The molecule has 2 heterocycles. The molecule has 0 aromatic carbocycles. The fourth-order valence-corrected chi connectivity index (χ4v) is 3.87. The van der Waals surface area contributed by atoms with E-state index >= 15 is 0 Å². The van der Waals surface area contributed by atoms with Crippen molar-refractivity contribution in [1.29, 1.82) is 0 Å². The van der Waals surface area contributed by atoms with Crippen LogP contribution < -0.4 is 0 Å². The Hall–Kier alpha value is -0.0900. The van der Waals surface area contributed by atoms with Gasteiger partial charge >= 0.3 is 0 Å². The Morgan fingerprint density at radius 3 is 2.61 bits per heavy atom. The molecular formula is C13H17Cl2NOS. The summed E-state index contributed by atoms with van der Waals surface area (Å²) in [5.74, 6) is 0.911. The van der Waals surface area contributed by atoms with Gasteiger partial charge in [-0.1, -0.05) is 36.5 Å². The summed E-state index contributed by atoms with van der Waals surface area (Å²) in [6.45, 7) is 4.72. The molecule has 2 nitrogen and oxygen atoms in total. The van der Waals surface area contributed by atoms with Crippen molar-refractivity contribution in [3.63, 3.8) is 0 Å². The third kappa shape index (κ3) is 3.47. The average Bonchev–Trinajstić information content (AvgIpc) is 2.69. The minimum atomic E-state index is 0.0816. The van der Waals surface area contributed by atoms with Gasteiger partial charge in [-0.3, -0.25) is 9.69 Å². The molecule has 1 saturated heterocycles. The summed E-state index contributed by atoms with van der Waals surface area (Å²) in [6.07, 6.45) is 3.64. The Morgan fingerprint density at radius 2 is 2.11 bits per heavy atom. The van der Waals surface area contributed by atoms with E-state index in [4.69, 9.17) is 23.2 Å². The molecule has 18 heavy (non-hydrogen) atoms. The van der Waals surface area contributed by atoms with Gasteiger partial charge in [-0.05, 0) is 37.9 Å². The van der Waals surface area contributed by atoms with Crippen LogP contribution in [0.5, 0.6) is 0 Å². The van der Waals surface area contributed by atoms with Crippen molar-refractivity contribution >= 4 is 40.3 Å². The van der Waals surface area contributed by atoms with Crippen LogP contribution in [-0.4, -0.2) is 30.3 Å². The summed E-state index contributed by atoms with van der Waals surface area (Å²) in [4.78, 5) is 14.3. The molecule has 1 aromatic heterocycles. The lowest BCUT2D eigenvalue weighted by molar-refractivity contribution is 0.0895. The zero-order valence-corrected chi connectivity index (χ0v) is 12.7. The van der Waals surface area contributed by atoms with Crippen LogP contribution in [-0.2, 0) is 0 Å². The van der Waals surface area contributed by atoms with E-state index in [1.54, 1.807) is 6.07 Å². The third-order valence-corrected chi connectivity index (χ3v) is 5.10. The van der Waals surface area contributed by atoms with Crippen molar-refractivity contribution in [2.75, 3.05) is 19.6 Å². The van der Waals surface area contributed by atoms with Crippen LogP contribution in [0.15, 0.2) is 6.07 Å². The zero-order valence-electron chi connectivity index (χ0n) is 10.4. The molecule has 2 rings (SSSR count). The highest BCUT2D eigenvalue weighted by Crippen LogP contribution is 2.31. The van der Waals surface area contributed by atoms with Crippen LogP contribution in [0.25, 0.3) is 0 Å². The van der Waals surface area contributed by atoms with Gasteiger partial charge in [-0.2, -0.15) is 0 Å². The molecule has 0 aliphatic carbocycles. The number of nitrogens with zero attached hydrogens (tertiary/aromatic N) is 1. The second kappa shape index (κ2) is 6.38. The third-order valence-electron chi connectivity index (χ3n) is 3.61. The molecule has 0 N–H and O–H groups in total. The Labute approximate surface area is 122 Å². The number of carbonyl (C=O) groups excluding carboxylic acids is 1. The Kier molecular flexibility index (Phi) is 5.07. The van der Waals surface area contributed by atoms with E-state index in [-0.39, 0.29) is 5.78 Å². The van der Waals surface area contributed by atoms with Crippen molar-refractivity contribution in [3.05, 3.63) is 20.3 Å². The molecule has 0 unspecified atom stereocenters. The summed E-state index contributed by atoms with van der Waals surface area (Å²) in [6, 6.07) is 1.68. The SMILES string of the molecule is CCC1CCN(CC(=O)c2cc(Cl)sc2Cl)CC1. The van der Waals surface area contributed by atoms with Gasteiger partial charge in [-0.25, -0.2) is 0 Å². The second-order valence-electron chi connectivity index (χ2n) is 4.79. The maximum atomic E-state index is 12.1. The number of piperidine rings is 1. The van der Waals surface area contributed by atoms with Gasteiger partial charge in [0.15, 0.2) is 5.78 Å². The van der Waals surface area contributed by atoms with E-state index in [1.807, 2.05) is 0 Å². The molecule has 100 valence electrons. The van der Waals surface area contributed by atoms with E-state index < -0.39 is 0 Å². The predicted molar refractivity (Wildman–Crippen MR) is 78.1 cm³/mol. The van der Waals surface area contributed by atoms with Crippen LogP contribution >= 0.6 is 34.5 Å². The average molecular weight is 306 g/mol. The number of rotatable bonds is 4. The normalized spacial score (nSPS) is 18.2. The number of hydrogen-bond acceptors (Lipinski definition) is 3. The van der Waals surface area contributed by atoms with Crippen molar-refractivity contribution in [3.8, 4) is 0 Å². The minimum Gasteiger partial charge on any atom is -0.296 e. The predicted octanol–water partition coefficient (Wildman–Crippen LogP) is 4.36. The monoisotopic (exact) mass is 305 g/mol. The number of thiophene rings is 1. The Bertz CT molecular complexity index is 425. The lowest BCUT2D eigenvalue weighted by Gasteiger charge is -2.30. The molecule has 5 heteroatoms. The fourth-order valence-electron chi connectivity index (χ4n) is 2.37. The van der Waals surface area contributed by atoms with Crippen LogP contribution in [0.3, 0.4) is 0 Å². The van der Waals surface area contributed by atoms with Gasteiger partial charge in [0.2, 0.25) is 0 Å². The number of likely N-dealkylation sites (tertiary alicyclic amines) is 1. The summed E-state index contributed by atoms with van der Waals surface area (Å²) >= 11 is 13.1. The largest absolute Gasteiger partial charge is 0.296 e. The molecule has 1 aliphatic rings. The molecule has 0 amide bonds. The van der Waals surface area contributed by atoms with Crippen molar-refractivity contribution in [2.45, 2.75) is 26.2 Å². The quantitative estimate of drug-likeness (QED) is 0.770. The van der Waals surface area contributed by atoms with Crippen LogP contribution in [0, 0.1) is 5.92 Å². The lowest BCUT2D eigenvalue weighted by Crippen LogP contribution is -2.37. The van der Waals surface area contributed by atoms with Crippen LogP contribution in [0.1, 0.15) is 36.5 Å². The van der Waals surface area contributed by atoms with Gasteiger partial charge in [0.05, 0.1) is 16.4 Å². The summed E-state index contributed by atoms with van der Waals surface area (Å²) < 4.78 is 1.08. The number of carbonyl (C=O) groups is 1. The maximum absolute atomic E-state index is 12.1. The van der Waals surface area contributed by atoms with Gasteiger partial charge in [0, 0.05) is 0 Å². The first-order valence-corrected chi connectivity index (χ1v) is 7.87. The first kappa shape index (κ1) is 14.3. The topological polar surface area (TPSA) is 20.3 Å².